The average molecular weight is 368 g/mol. The largest absolute Gasteiger partial charge is 0.378 e. The van der Waals surface area contributed by atoms with Gasteiger partial charge in [-0.25, -0.2) is 0 Å². The minimum absolute atomic E-state index is 0.0121. The molecule has 0 fully saturated rings. The molecule has 0 bridgehead atoms. The summed E-state index contributed by atoms with van der Waals surface area (Å²) in [5, 5.41) is 14.1. The van der Waals surface area contributed by atoms with Crippen molar-refractivity contribution >= 4 is 34.0 Å². The lowest BCUT2D eigenvalue weighted by Gasteiger charge is -2.15. The maximum atomic E-state index is 10.8. The summed E-state index contributed by atoms with van der Waals surface area (Å²) in [6, 6.07) is 14.7. The maximum Gasteiger partial charge on any atom is 0.269 e. The fraction of sp³-hybridized carbons (Fsp3) is 0.143. The fourth-order valence-corrected chi connectivity index (χ4v) is 2.36. The Kier molecular flexibility index (Phi) is 4.36. The van der Waals surface area contributed by atoms with E-state index in [1.807, 2.05) is 37.3 Å². The number of benzene rings is 2. The van der Waals surface area contributed by atoms with Gasteiger partial charge in [0.25, 0.3) is 5.69 Å². The molecule has 0 aliphatic carbocycles. The Labute approximate surface area is 125 Å². The van der Waals surface area contributed by atoms with E-state index in [1.165, 1.54) is 6.07 Å². The molecule has 0 heterocycles. The van der Waals surface area contributed by atoms with Gasteiger partial charge in [0.1, 0.15) is 0 Å². The van der Waals surface area contributed by atoms with Crippen LogP contribution in [0.4, 0.5) is 11.4 Å². The van der Waals surface area contributed by atoms with Crippen LogP contribution in [0.25, 0.3) is 0 Å². The van der Waals surface area contributed by atoms with Crippen LogP contribution in [0.1, 0.15) is 18.5 Å². The first-order chi connectivity index (χ1) is 9.06. The Balaban J connectivity index is 2.18. The molecular weight excluding hydrogens is 355 g/mol. The lowest BCUT2D eigenvalue weighted by atomic mass is 10.1. The fourth-order valence-electron chi connectivity index (χ4n) is 1.82. The summed E-state index contributed by atoms with van der Waals surface area (Å²) >= 11 is 2.25. The van der Waals surface area contributed by atoms with Gasteiger partial charge in [0.15, 0.2) is 0 Å². The van der Waals surface area contributed by atoms with Crippen LogP contribution in [0, 0.1) is 13.7 Å². The molecule has 2 aromatic carbocycles. The summed E-state index contributed by atoms with van der Waals surface area (Å²) in [4.78, 5) is 10.4. The second-order valence-corrected chi connectivity index (χ2v) is 5.47. The third kappa shape index (κ3) is 3.66. The first kappa shape index (κ1) is 13.8. The third-order valence-electron chi connectivity index (χ3n) is 2.79. The first-order valence-electron chi connectivity index (χ1n) is 5.83. The third-order valence-corrected chi connectivity index (χ3v) is 3.46. The molecule has 2 rings (SSSR count). The van der Waals surface area contributed by atoms with Crippen LogP contribution in [0.5, 0.6) is 0 Å². The molecule has 0 spiro atoms. The number of nitrogens with zero attached hydrogens (tertiary/aromatic N) is 1. The van der Waals surface area contributed by atoms with Crippen molar-refractivity contribution in [3.05, 3.63) is 67.8 Å². The maximum absolute atomic E-state index is 10.8. The topological polar surface area (TPSA) is 55.2 Å². The van der Waals surface area contributed by atoms with Crippen molar-refractivity contribution in [2.24, 2.45) is 0 Å². The van der Waals surface area contributed by atoms with Crippen molar-refractivity contribution in [3.8, 4) is 0 Å². The normalized spacial score (nSPS) is 11.9. The van der Waals surface area contributed by atoms with E-state index in [0.717, 1.165) is 14.8 Å². The predicted octanol–water partition coefficient (Wildman–Crippen LogP) is 4.37. The molecule has 1 N–H and O–H groups in total. The number of hydrogen-bond donors (Lipinski definition) is 1. The summed E-state index contributed by atoms with van der Waals surface area (Å²) < 4.78 is 1.15. The second kappa shape index (κ2) is 6.01. The van der Waals surface area contributed by atoms with Gasteiger partial charge in [0.2, 0.25) is 0 Å². The Bertz CT molecular complexity index is 602. The minimum atomic E-state index is -0.373. The summed E-state index contributed by atoms with van der Waals surface area (Å²) in [7, 11) is 0. The van der Waals surface area contributed by atoms with E-state index in [4.69, 9.17) is 0 Å². The van der Waals surface area contributed by atoms with Crippen molar-refractivity contribution in [1.29, 1.82) is 0 Å². The van der Waals surface area contributed by atoms with Crippen molar-refractivity contribution in [2.45, 2.75) is 13.0 Å². The molecule has 0 aromatic heterocycles. The van der Waals surface area contributed by atoms with Crippen LogP contribution in [0.2, 0.25) is 0 Å². The van der Waals surface area contributed by atoms with Crippen molar-refractivity contribution in [1.82, 2.24) is 0 Å². The molecule has 1 atom stereocenters. The number of halogens is 1. The predicted molar refractivity (Wildman–Crippen MR) is 84.3 cm³/mol. The first-order valence-corrected chi connectivity index (χ1v) is 6.90. The Morgan fingerprint density at radius 1 is 1.21 bits per heavy atom. The van der Waals surface area contributed by atoms with E-state index in [9.17, 15) is 10.1 Å². The Hall–Kier alpha value is -1.63. The van der Waals surface area contributed by atoms with E-state index < -0.39 is 0 Å². The summed E-state index contributed by atoms with van der Waals surface area (Å²) in [5.74, 6) is 0. The van der Waals surface area contributed by atoms with E-state index >= 15 is 0 Å². The number of nitro benzene ring substituents is 1. The van der Waals surface area contributed by atoms with E-state index in [2.05, 4.69) is 27.9 Å². The van der Waals surface area contributed by atoms with Gasteiger partial charge >= 0.3 is 0 Å². The Morgan fingerprint density at radius 3 is 2.63 bits per heavy atom. The Morgan fingerprint density at radius 2 is 1.95 bits per heavy atom. The van der Waals surface area contributed by atoms with Crippen molar-refractivity contribution in [2.75, 3.05) is 5.32 Å². The number of nitrogens with one attached hydrogen (secondary N) is 1. The number of anilines is 1. The van der Waals surface area contributed by atoms with Gasteiger partial charge in [-0.05, 0) is 53.3 Å². The number of nitro groups is 1. The molecule has 0 amide bonds. The smallest absolute Gasteiger partial charge is 0.269 e. The monoisotopic (exact) mass is 368 g/mol. The summed E-state index contributed by atoms with van der Waals surface area (Å²) in [5.41, 5.74) is 2.02. The van der Waals surface area contributed by atoms with Crippen LogP contribution in [0.3, 0.4) is 0 Å². The molecule has 19 heavy (non-hydrogen) atoms. The molecule has 5 heteroatoms. The zero-order chi connectivity index (χ0) is 13.8. The molecule has 0 aliphatic rings. The van der Waals surface area contributed by atoms with Gasteiger partial charge in [-0.1, -0.05) is 18.2 Å². The van der Waals surface area contributed by atoms with E-state index in [-0.39, 0.29) is 16.7 Å². The van der Waals surface area contributed by atoms with E-state index in [1.54, 1.807) is 12.1 Å². The SMILES string of the molecule is CC(Nc1cccc(I)c1)c1cccc([N+](=O)[O-])c1. The standard InChI is InChI=1S/C14H13IN2O2/c1-10(16-13-6-3-5-12(15)9-13)11-4-2-7-14(8-11)17(18)19/h2-10,16H,1H3. The van der Waals surface area contributed by atoms with Crippen LogP contribution in [0.15, 0.2) is 48.5 Å². The van der Waals surface area contributed by atoms with Gasteiger partial charge in [-0.15, -0.1) is 0 Å². The molecule has 0 saturated carbocycles. The lowest BCUT2D eigenvalue weighted by molar-refractivity contribution is -0.384. The lowest BCUT2D eigenvalue weighted by Crippen LogP contribution is -2.07. The number of non-ortho nitro benzene ring substituents is 1. The molecular formula is C14H13IN2O2. The van der Waals surface area contributed by atoms with Crippen molar-refractivity contribution < 1.29 is 4.92 Å². The van der Waals surface area contributed by atoms with Crippen LogP contribution in [-0.4, -0.2) is 4.92 Å². The second-order valence-electron chi connectivity index (χ2n) is 4.23. The average Bonchev–Trinajstić information content (AvgIpc) is 2.39. The summed E-state index contributed by atoms with van der Waals surface area (Å²) in [6.45, 7) is 1.99. The van der Waals surface area contributed by atoms with E-state index in [0.29, 0.717) is 0 Å². The van der Waals surface area contributed by atoms with Gasteiger partial charge in [0.05, 0.1) is 4.92 Å². The van der Waals surface area contributed by atoms with Crippen LogP contribution < -0.4 is 5.32 Å². The summed E-state index contributed by atoms with van der Waals surface area (Å²) in [6.07, 6.45) is 0. The zero-order valence-corrected chi connectivity index (χ0v) is 12.5. The van der Waals surface area contributed by atoms with Gasteiger partial charge < -0.3 is 5.32 Å². The van der Waals surface area contributed by atoms with Gasteiger partial charge in [-0.2, -0.15) is 0 Å². The highest BCUT2D eigenvalue weighted by Gasteiger charge is 2.10. The van der Waals surface area contributed by atoms with Crippen molar-refractivity contribution in [3.63, 3.8) is 0 Å². The quantitative estimate of drug-likeness (QED) is 0.495. The molecule has 2 aromatic rings. The number of hydrogen-bond acceptors (Lipinski definition) is 3. The van der Waals surface area contributed by atoms with Crippen LogP contribution >= 0.6 is 22.6 Å². The molecule has 1 unspecified atom stereocenters. The molecule has 4 nitrogen and oxygen atoms in total. The van der Waals surface area contributed by atoms with Gasteiger partial charge in [-0.3, -0.25) is 10.1 Å². The molecule has 0 saturated heterocycles. The minimum Gasteiger partial charge on any atom is -0.378 e. The molecule has 0 radical (unpaired) electrons. The van der Waals surface area contributed by atoms with Crippen LogP contribution in [-0.2, 0) is 0 Å². The molecule has 0 aliphatic heterocycles. The van der Waals surface area contributed by atoms with Gasteiger partial charge in [0, 0.05) is 27.4 Å². The highest BCUT2D eigenvalue weighted by molar-refractivity contribution is 14.1. The molecule has 98 valence electrons. The highest BCUT2D eigenvalue weighted by atomic mass is 127. The number of rotatable bonds is 4. The zero-order valence-electron chi connectivity index (χ0n) is 10.3. The highest BCUT2D eigenvalue weighted by Crippen LogP contribution is 2.23.